The van der Waals surface area contributed by atoms with Crippen molar-refractivity contribution in [3.05, 3.63) is 59.7 Å². The molecule has 0 saturated carbocycles. The second kappa shape index (κ2) is 6.12. The number of hydrogen-bond donors (Lipinski definition) is 1. The molecular formula is C16H19N5O2S. The highest BCUT2D eigenvalue weighted by Crippen LogP contribution is 2.17. The number of sulfonamides is 1. The molecule has 2 aromatic heterocycles. The minimum absolute atomic E-state index is 0.136. The lowest BCUT2D eigenvalue weighted by atomic mass is 10.2. The minimum Gasteiger partial charge on any atom is -0.280 e. The summed E-state index contributed by atoms with van der Waals surface area (Å²) in [6, 6.07) is 9.29. The fraction of sp³-hybridized carbons (Fsp3) is 0.250. The molecule has 2 heterocycles. The third-order valence-corrected chi connectivity index (χ3v) is 4.97. The van der Waals surface area contributed by atoms with Gasteiger partial charge in [-0.2, -0.15) is 10.2 Å². The van der Waals surface area contributed by atoms with E-state index in [1.807, 2.05) is 36.7 Å². The number of nitrogens with zero attached hydrogens (tertiary/aromatic N) is 4. The van der Waals surface area contributed by atoms with E-state index in [-0.39, 0.29) is 4.90 Å². The summed E-state index contributed by atoms with van der Waals surface area (Å²) in [6.45, 7) is 4.62. The van der Waals surface area contributed by atoms with E-state index in [4.69, 9.17) is 0 Å². The summed E-state index contributed by atoms with van der Waals surface area (Å²) < 4.78 is 30.4. The van der Waals surface area contributed by atoms with E-state index in [2.05, 4.69) is 14.9 Å². The van der Waals surface area contributed by atoms with Gasteiger partial charge in [0.1, 0.15) is 4.90 Å². The molecule has 0 radical (unpaired) electrons. The summed E-state index contributed by atoms with van der Waals surface area (Å²) >= 11 is 0. The first-order chi connectivity index (χ1) is 11.3. The van der Waals surface area contributed by atoms with E-state index in [1.165, 1.54) is 17.1 Å². The van der Waals surface area contributed by atoms with Crippen molar-refractivity contribution in [3.63, 3.8) is 0 Å². The zero-order valence-electron chi connectivity index (χ0n) is 13.8. The first-order valence-electron chi connectivity index (χ1n) is 7.45. The fourth-order valence-electron chi connectivity index (χ4n) is 2.44. The van der Waals surface area contributed by atoms with Gasteiger partial charge in [-0.15, -0.1) is 0 Å². The normalized spacial score (nSPS) is 11.6. The highest BCUT2D eigenvalue weighted by molar-refractivity contribution is 7.92. The maximum absolute atomic E-state index is 12.3. The lowest BCUT2D eigenvalue weighted by molar-refractivity contribution is 0.601. The monoisotopic (exact) mass is 345 g/mol. The highest BCUT2D eigenvalue weighted by atomic mass is 32.2. The quantitative estimate of drug-likeness (QED) is 0.767. The fourth-order valence-corrected chi connectivity index (χ4v) is 3.48. The van der Waals surface area contributed by atoms with Gasteiger partial charge in [0, 0.05) is 24.6 Å². The van der Waals surface area contributed by atoms with Crippen LogP contribution in [0.3, 0.4) is 0 Å². The third-order valence-electron chi connectivity index (χ3n) is 3.63. The Hall–Kier alpha value is -2.61. The average molecular weight is 345 g/mol. The molecule has 0 spiro atoms. The van der Waals surface area contributed by atoms with Gasteiger partial charge >= 0.3 is 0 Å². The van der Waals surface area contributed by atoms with Crippen molar-refractivity contribution in [2.45, 2.75) is 25.3 Å². The maximum atomic E-state index is 12.3. The van der Waals surface area contributed by atoms with E-state index in [0.29, 0.717) is 12.2 Å². The van der Waals surface area contributed by atoms with E-state index in [9.17, 15) is 8.42 Å². The predicted molar refractivity (Wildman–Crippen MR) is 91.3 cm³/mol. The molecule has 0 amide bonds. The van der Waals surface area contributed by atoms with Crippen LogP contribution in [0.1, 0.15) is 17.0 Å². The van der Waals surface area contributed by atoms with Crippen LogP contribution in [0.15, 0.2) is 47.6 Å². The van der Waals surface area contributed by atoms with Crippen molar-refractivity contribution in [2.75, 3.05) is 4.72 Å². The number of hydrogen-bond acceptors (Lipinski definition) is 4. The zero-order valence-corrected chi connectivity index (χ0v) is 14.6. The van der Waals surface area contributed by atoms with Crippen LogP contribution in [0.2, 0.25) is 0 Å². The van der Waals surface area contributed by atoms with Crippen molar-refractivity contribution < 1.29 is 8.42 Å². The van der Waals surface area contributed by atoms with Gasteiger partial charge in [0.25, 0.3) is 10.0 Å². The summed E-state index contributed by atoms with van der Waals surface area (Å²) in [6.07, 6.45) is 2.78. The Balaban J connectivity index is 1.74. The molecule has 0 unspecified atom stereocenters. The molecule has 24 heavy (non-hydrogen) atoms. The molecule has 1 N–H and O–H groups in total. The van der Waals surface area contributed by atoms with Gasteiger partial charge in [-0.05, 0) is 37.6 Å². The molecular weight excluding hydrogens is 326 g/mol. The molecule has 0 aliphatic rings. The van der Waals surface area contributed by atoms with Gasteiger partial charge in [0.2, 0.25) is 0 Å². The van der Waals surface area contributed by atoms with Crippen molar-refractivity contribution in [1.82, 2.24) is 19.6 Å². The van der Waals surface area contributed by atoms with Crippen LogP contribution in [-0.2, 0) is 23.6 Å². The minimum atomic E-state index is -3.62. The molecule has 7 nitrogen and oxygen atoms in total. The Morgan fingerprint density at radius 3 is 2.42 bits per heavy atom. The van der Waals surface area contributed by atoms with Gasteiger partial charge in [0.15, 0.2) is 0 Å². The van der Waals surface area contributed by atoms with Crippen molar-refractivity contribution in [1.29, 1.82) is 0 Å². The van der Waals surface area contributed by atoms with Crippen LogP contribution >= 0.6 is 0 Å². The molecule has 3 rings (SSSR count). The molecule has 0 aliphatic carbocycles. The number of aromatic nitrogens is 4. The molecule has 126 valence electrons. The standard InChI is InChI=1S/C16H19N5O2S/c1-12-8-13(2)21(18-12)10-14-4-6-15(7-5-14)19-24(22,23)16-9-17-20(3)11-16/h4-9,11,19H,10H2,1-3H3. The van der Waals surface area contributed by atoms with Crippen molar-refractivity contribution in [2.24, 2.45) is 7.05 Å². The van der Waals surface area contributed by atoms with Crippen LogP contribution < -0.4 is 4.72 Å². The lowest BCUT2D eigenvalue weighted by Crippen LogP contribution is -2.12. The van der Waals surface area contributed by atoms with Crippen molar-refractivity contribution in [3.8, 4) is 0 Å². The predicted octanol–water partition coefficient (Wildman–Crippen LogP) is 2.08. The van der Waals surface area contributed by atoms with Crippen LogP contribution in [0, 0.1) is 13.8 Å². The van der Waals surface area contributed by atoms with E-state index >= 15 is 0 Å². The second-order valence-electron chi connectivity index (χ2n) is 5.74. The first kappa shape index (κ1) is 16.3. The van der Waals surface area contributed by atoms with Gasteiger partial charge in [-0.25, -0.2) is 8.42 Å². The molecule has 0 bridgehead atoms. The molecule has 0 fully saturated rings. The highest BCUT2D eigenvalue weighted by Gasteiger charge is 2.16. The Bertz CT molecular complexity index is 955. The number of aryl methyl sites for hydroxylation is 3. The van der Waals surface area contributed by atoms with Crippen LogP contribution in [0.5, 0.6) is 0 Å². The Labute approximate surface area is 141 Å². The van der Waals surface area contributed by atoms with Gasteiger partial charge in [-0.3, -0.25) is 14.1 Å². The van der Waals surface area contributed by atoms with E-state index in [1.54, 1.807) is 19.2 Å². The zero-order chi connectivity index (χ0) is 17.3. The molecule has 0 atom stereocenters. The first-order valence-corrected chi connectivity index (χ1v) is 8.93. The average Bonchev–Trinajstić information content (AvgIpc) is 3.07. The molecule has 3 aromatic rings. The Kier molecular flexibility index (Phi) is 4.15. The summed E-state index contributed by atoms with van der Waals surface area (Å²) in [5.74, 6) is 0. The summed E-state index contributed by atoms with van der Waals surface area (Å²) in [7, 11) is -1.95. The number of benzene rings is 1. The molecule has 8 heteroatoms. The summed E-state index contributed by atoms with van der Waals surface area (Å²) in [5.41, 5.74) is 3.63. The summed E-state index contributed by atoms with van der Waals surface area (Å²) in [5, 5.41) is 8.31. The van der Waals surface area contributed by atoms with Crippen LogP contribution in [-0.4, -0.2) is 28.0 Å². The molecule has 0 saturated heterocycles. The number of nitrogens with one attached hydrogen (secondary N) is 1. The number of rotatable bonds is 5. The molecule has 1 aromatic carbocycles. The van der Waals surface area contributed by atoms with E-state index < -0.39 is 10.0 Å². The maximum Gasteiger partial charge on any atom is 0.265 e. The molecule has 0 aliphatic heterocycles. The topological polar surface area (TPSA) is 81.8 Å². The second-order valence-corrected chi connectivity index (χ2v) is 7.42. The van der Waals surface area contributed by atoms with Gasteiger partial charge < -0.3 is 0 Å². The smallest absolute Gasteiger partial charge is 0.265 e. The largest absolute Gasteiger partial charge is 0.280 e. The van der Waals surface area contributed by atoms with Crippen LogP contribution in [0.25, 0.3) is 0 Å². The Morgan fingerprint density at radius 1 is 1.17 bits per heavy atom. The lowest BCUT2D eigenvalue weighted by Gasteiger charge is -2.08. The van der Waals surface area contributed by atoms with Gasteiger partial charge in [-0.1, -0.05) is 12.1 Å². The SMILES string of the molecule is Cc1cc(C)n(Cc2ccc(NS(=O)(=O)c3cnn(C)c3)cc2)n1. The van der Waals surface area contributed by atoms with Crippen molar-refractivity contribution >= 4 is 15.7 Å². The number of anilines is 1. The summed E-state index contributed by atoms with van der Waals surface area (Å²) in [4.78, 5) is 0.136. The van der Waals surface area contributed by atoms with E-state index in [0.717, 1.165) is 17.0 Å². The van der Waals surface area contributed by atoms with Crippen LogP contribution in [0.4, 0.5) is 5.69 Å². The van der Waals surface area contributed by atoms with Gasteiger partial charge in [0.05, 0.1) is 18.4 Å². The Morgan fingerprint density at radius 2 is 1.88 bits per heavy atom. The third kappa shape index (κ3) is 3.48.